The van der Waals surface area contributed by atoms with Crippen molar-refractivity contribution in [2.75, 3.05) is 38.2 Å². The van der Waals surface area contributed by atoms with Gasteiger partial charge in [-0.3, -0.25) is 10.1 Å². The maximum Gasteiger partial charge on any atom is 0.293 e. The molecule has 1 fully saturated rings. The molecule has 106 valence electrons. The lowest BCUT2D eigenvalue weighted by Crippen LogP contribution is -2.46. The fraction of sp³-hybridized carbons (Fsp3) is 0.462. The molecule has 0 saturated carbocycles. The first kappa shape index (κ1) is 14.2. The van der Waals surface area contributed by atoms with Crippen LogP contribution in [0.3, 0.4) is 0 Å². The zero-order valence-electron chi connectivity index (χ0n) is 11.2. The molecule has 1 aromatic carbocycles. The quantitative estimate of drug-likeness (QED) is 0.648. The maximum atomic E-state index is 11.2. The summed E-state index contributed by atoms with van der Waals surface area (Å²) >= 11 is 0. The second-order valence-corrected chi connectivity index (χ2v) is 4.57. The van der Waals surface area contributed by atoms with Gasteiger partial charge < -0.3 is 15.0 Å². The van der Waals surface area contributed by atoms with Crippen LogP contribution >= 0.6 is 0 Å². The van der Waals surface area contributed by atoms with Gasteiger partial charge in [0.25, 0.3) is 5.69 Å². The lowest BCUT2D eigenvalue weighted by molar-refractivity contribution is -0.384. The van der Waals surface area contributed by atoms with E-state index in [0.29, 0.717) is 37.5 Å². The van der Waals surface area contributed by atoms with Gasteiger partial charge in [-0.1, -0.05) is 0 Å². The van der Waals surface area contributed by atoms with E-state index in [0.717, 1.165) is 0 Å². The average molecular weight is 276 g/mol. The van der Waals surface area contributed by atoms with Crippen LogP contribution in [0.2, 0.25) is 0 Å². The van der Waals surface area contributed by atoms with Gasteiger partial charge in [0.15, 0.2) is 0 Å². The van der Waals surface area contributed by atoms with E-state index in [1.165, 1.54) is 6.07 Å². The molecule has 1 aromatic rings. The van der Waals surface area contributed by atoms with Crippen LogP contribution in [0, 0.1) is 21.4 Å². The first-order valence-corrected chi connectivity index (χ1v) is 6.35. The topological polar surface area (TPSA) is 91.4 Å². The second-order valence-electron chi connectivity index (χ2n) is 4.57. The van der Waals surface area contributed by atoms with Gasteiger partial charge >= 0.3 is 0 Å². The lowest BCUT2D eigenvalue weighted by Gasteiger charge is -2.34. The standard InChI is InChI=1S/C13H16N4O3/c1-15-8-11-9-16(4-5-20-11)12-3-2-10(7-14)6-13(12)17(18)19/h2-3,6,11,15H,4-5,8-9H2,1H3. The van der Waals surface area contributed by atoms with Crippen molar-refractivity contribution in [3.05, 3.63) is 33.9 Å². The van der Waals surface area contributed by atoms with Crippen molar-refractivity contribution in [2.45, 2.75) is 6.10 Å². The first-order valence-electron chi connectivity index (χ1n) is 6.35. The third kappa shape index (κ3) is 3.04. The molecule has 1 N–H and O–H groups in total. The number of anilines is 1. The molecule has 0 amide bonds. The van der Waals surface area contributed by atoms with E-state index in [1.807, 2.05) is 18.0 Å². The number of hydrogen-bond acceptors (Lipinski definition) is 6. The number of benzene rings is 1. The second kappa shape index (κ2) is 6.32. The molecule has 0 radical (unpaired) electrons. The highest BCUT2D eigenvalue weighted by Gasteiger charge is 2.25. The summed E-state index contributed by atoms with van der Waals surface area (Å²) in [7, 11) is 1.84. The molecule has 1 aliphatic rings. The van der Waals surface area contributed by atoms with Gasteiger partial charge in [0.2, 0.25) is 0 Å². The van der Waals surface area contributed by atoms with Crippen molar-refractivity contribution in [3.63, 3.8) is 0 Å². The van der Waals surface area contributed by atoms with E-state index >= 15 is 0 Å². The molecule has 7 heteroatoms. The Kier molecular flexibility index (Phi) is 4.50. The van der Waals surface area contributed by atoms with E-state index < -0.39 is 4.92 Å². The van der Waals surface area contributed by atoms with Crippen molar-refractivity contribution in [3.8, 4) is 6.07 Å². The molecule has 1 atom stereocenters. The minimum absolute atomic E-state index is 0.00370. The summed E-state index contributed by atoms with van der Waals surface area (Å²) in [6.07, 6.45) is 0.00370. The van der Waals surface area contributed by atoms with E-state index in [2.05, 4.69) is 5.32 Å². The largest absolute Gasteiger partial charge is 0.373 e. The van der Waals surface area contributed by atoms with E-state index in [1.54, 1.807) is 12.1 Å². The number of nitrogens with zero attached hydrogens (tertiary/aromatic N) is 3. The number of likely N-dealkylation sites (N-methyl/N-ethyl adjacent to an activating group) is 1. The molecular formula is C13H16N4O3. The van der Waals surface area contributed by atoms with Crippen molar-refractivity contribution >= 4 is 11.4 Å². The summed E-state index contributed by atoms with van der Waals surface area (Å²) in [5.74, 6) is 0. The van der Waals surface area contributed by atoms with Gasteiger partial charge in [-0.05, 0) is 19.2 Å². The summed E-state index contributed by atoms with van der Waals surface area (Å²) in [4.78, 5) is 12.7. The van der Waals surface area contributed by atoms with Crippen LogP contribution in [-0.4, -0.2) is 44.3 Å². The molecule has 0 bridgehead atoms. The molecular weight excluding hydrogens is 260 g/mol. The zero-order valence-corrected chi connectivity index (χ0v) is 11.2. The molecule has 7 nitrogen and oxygen atoms in total. The molecule has 1 heterocycles. The summed E-state index contributed by atoms with van der Waals surface area (Å²) in [5, 5.41) is 23.0. The van der Waals surface area contributed by atoms with Crippen molar-refractivity contribution in [1.82, 2.24) is 5.32 Å². The Morgan fingerprint density at radius 1 is 1.65 bits per heavy atom. The Morgan fingerprint density at radius 2 is 2.45 bits per heavy atom. The summed E-state index contributed by atoms with van der Waals surface area (Å²) in [5.41, 5.74) is 0.799. The Balaban J connectivity index is 2.27. The normalized spacial score (nSPS) is 18.6. The van der Waals surface area contributed by atoms with Crippen molar-refractivity contribution < 1.29 is 9.66 Å². The molecule has 0 spiro atoms. The summed E-state index contributed by atoms with van der Waals surface area (Å²) < 4.78 is 5.59. The summed E-state index contributed by atoms with van der Waals surface area (Å²) in [6.45, 7) is 2.42. The first-order chi connectivity index (χ1) is 9.65. The van der Waals surface area contributed by atoms with Crippen LogP contribution in [0.5, 0.6) is 0 Å². The van der Waals surface area contributed by atoms with Gasteiger partial charge in [-0.15, -0.1) is 0 Å². The highest BCUT2D eigenvalue weighted by atomic mass is 16.6. The number of nitro groups is 1. The van der Waals surface area contributed by atoms with E-state index in [9.17, 15) is 10.1 Å². The van der Waals surface area contributed by atoms with Crippen LogP contribution in [0.15, 0.2) is 18.2 Å². The van der Waals surface area contributed by atoms with Gasteiger partial charge in [0, 0.05) is 25.7 Å². The zero-order chi connectivity index (χ0) is 14.5. The van der Waals surface area contributed by atoms with Crippen molar-refractivity contribution in [1.29, 1.82) is 5.26 Å². The SMILES string of the molecule is CNCC1CN(c2ccc(C#N)cc2[N+](=O)[O-])CCO1. The number of rotatable bonds is 4. The molecule has 1 aliphatic heterocycles. The number of hydrogen-bond donors (Lipinski definition) is 1. The lowest BCUT2D eigenvalue weighted by atomic mass is 10.1. The van der Waals surface area contributed by atoms with Crippen LogP contribution < -0.4 is 10.2 Å². The number of morpholine rings is 1. The smallest absolute Gasteiger partial charge is 0.293 e. The molecule has 0 aromatic heterocycles. The van der Waals surface area contributed by atoms with Gasteiger partial charge in [0.1, 0.15) is 5.69 Å². The number of ether oxygens (including phenoxy) is 1. The molecule has 1 saturated heterocycles. The van der Waals surface area contributed by atoms with Crippen LogP contribution in [0.1, 0.15) is 5.56 Å². The number of nitro benzene ring substituents is 1. The van der Waals surface area contributed by atoms with Gasteiger partial charge in [-0.2, -0.15) is 5.26 Å². The third-order valence-electron chi connectivity index (χ3n) is 3.21. The Morgan fingerprint density at radius 3 is 3.10 bits per heavy atom. The average Bonchev–Trinajstić information content (AvgIpc) is 2.47. The fourth-order valence-corrected chi connectivity index (χ4v) is 2.30. The van der Waals surface area contributed by atoms with E-state index in [-0.39, 0.29) is 11.8 Å². The molecule has 0 aliphatic carbocycles. The third-order valence-corrected chi connectivity index (χ3v) is 3.21. The minimum atomic E-state index is -0.446. The Hall–Kier alpha value is -2.17. The predicted octanol–water partition coefficient (Wildman–Crippen LogP) is 0.891. The molecule has 20 heavy (non-hydrogen) atoms. The fourth-order valence-electron chi connectivity index (χ4n) is 2.30. The Labute approximate surface area is 116 Å². The minimum Gasteiger partial charge on any atom is -0.373 e. The highest BCUT2D eigenvalue weighted by molar-refractivity contribution is 5.65. The Bertz CT molecular complexity index is 539. The van der Waals surface area contributed by atoms with Crippen LogP contribution in [0.4, 0.5) is 11.4 Å². The van der Waals surface area contributed by atoms with Gasteiger partial charge in [0.05, 0.1) is 29.3 Å². The molecule has 2 rings (SSSR count). The number of nitriles is 1. The number of nitrogens with one attached hydrogen (secondary N) is 1. The monoisotopic (exact) mass is 276 g/mol. The summed E-state index contributed by atoms with van der Waals surface area (Å²) in [6, 6.07) is 6.48. The van der Waals surface area contributed by atoms with Gasteiger partial charge in [-0.25, -0.2) is 0 Å². The highest BCUT2D eigenvalue weighted by Crippen LogP contribution is 2.30. The van der Waals surface area contributed by atoms with Crippen LogP contribution in [-0.2, 0) is 4.74 Å². The van der Waals surface area contributed by atoms with E-state index in [4.69, 9.17) is 10.00 Å². The van der Waals surface area contributed by atoms with Crippen molar-refractivity contribution in [2.24, 2.45) is 0 Å². The maximum absolute atomic E-state index is 11.2. The predicted molar refractivity (Wildman–Crippen MR) is 73.7 cm³/mol. The van der Waals surface area contributed by atoms with Crippen LogP contribution in [0.25, 0.3) is 0 Å². The molecule has 1 unspecified atom stereocenters.